The van der Waals surface area contributed by atoms with Crippen LogP contribution in [0.25, 0.3) is 0 Å². The highest BCUT2D eigenvalue weighted by molar-refractivity contribution is 5.38. The minimum atomic E-state index is 0.574. The third-order valence-electron chi connectivity index (χ3n) is 3.29. The van der Waals surface area contributed by atoms with Gasteiger partial charge >= 0.3 is 0 Å². The van der Waals surface area contributed by atoms with Crippen LogP contribution in [0.3, 0.4) is 0 Å². The number of hydrogen-bond donors (Lipinski definition) is 0. The molecule has 0 saturated heterocycles. The summed E-state index contributed by atoms with van der Waals surface area (Å²) in [5, 5.41) is 0. The second kappa shape index (κ2) is 2.12. The minimum absolute atomic E-state index is 0.574. The van der Waals surface area contributed by atoms with Gasteiger partial charge < -0.3 is 0 Å². The molecule has 0 spiro atoms. The monoisotopic (exact) mass is 150 g/mol. The van der Waals surface area contributed by atoms with Crippen LogP contribution in [-0.4, -0.2) is 0 Å². The molecule has 3 atom stereocenters. The quantitative estimate of drug-likeness (QED) is 0.464. The standard InChI is InChI=1S/C11H18/c1-8-4-9(2)6-11(3)7-10(11)5-8/h7-9H,4-6H2,1-3H3. The average molecular weight is 150 g/mol. The van der Waals surface area contributed by atoms with Crippen LogP contribution in [-0.2, 0) is 0 Å². The largest absolute Gasteiger partial charge is 0.0745 e. The predicted molar refractivity (Wildman–Crippen MR) is 48.4 cm³/mol. The summed E-state index contributed by atoms with van der Waals surface area (Å²) in [5.41, 5.74) is 2.32. The molecule has 0 radical (unpaired) electrons. The van der Waals surface area contributed by atoms with E-state index in [0.717, 1.165) is 11.8 Å². The van der Waals surface area contributed by atoms with E-state index in [9.17, 15) is 0 Å². The van der Waals surface area contributed by atoms with E-state index in [4.69, 9.17) is 0 Å². The van der Waals surface area contributed by atoms with Crippen LogP contribution in [0.5, 0.6) is 0 Å². The van der Waals surface area contributed by atoms with Crippen LogP contribution in [0.2, 0.25) is 0 Å². The molecule has 0 aliphatic heterocycles. The molecular formula is C11H18. The van der Waals surface area contributed by atoms with Crippen LogP contribution in [0.4, 0.5) is 0 Å². The maximum Gasteiger partial charge on any atom is 0.00684 e. The van der Waals surface area contributed by atoms with Crippen LogP contribution >= 0.6 is 0 Å². The summed E-state index contributed by atoms with van der Waals surface area (Å²) >= 11 is 0. The Bertz CT molecular complexity index is 202. The number of fused-ring (bicyclic) bond motifs is 1. The van der Waals surface area contributed by atoms with Crippen molar-refractivity contribution in [3.63, 3.8) is 0 Å². The van der Waals surface area contributed by atoms with Gasteiger partial charge in [-0.1, -0.05) is 32.4 Å². The van der Waals surface area contributed by atoms with Crippen molar-refractivity contribution in [2.45, 2.75) is 40.0 Å². The molecule has 0 heterocycles. The van der Waals surface area contributed by atoms with E-state index in [1.54, 1.807) is 5.57 Å². The van der Waals surface area contributed by atoms with Crippen LogP contribution in [0.1, 0.15) is 40.0 Å². The molecule has 1 saturated carbocycles. The highest BCUT2D eigenvalue weighted by atomic mass is 14.5. The summed E-state index contributed by atoms with van der Waals surface area (Å²) in [6.07, 6.45) is 6.71. The lowest BCUT2D eigenvalue weighted by Crippen LogP contribution is -2.04. The van der Waals surface area contributed by atoms with Crippen LogP contribution in [0, 0.1) is 17.3 Å². The van der Waals surface area contributed by atoms with Gasteiger partial charge in [0.2, 0.25) is 0 Å². The zero-order valence-electron chi connectivity index (χ0n) is 7.85. The second-order valence-corrected chi connectivity index (χ2v) is 4.94. The van der Waals surface area contributed by atoms with Gasteiger partial charge in [-0.2, -0.15) is 0 Å². The Balaban J connectivity index is 2.09. The molecule has 0 aromatic heterocycles. The van der Waals surface area contributed by atoms with Crippen molar-refractivity contribution in [3.8, 4) is 0 Å². The topological polar surface area (TPSA) is 0 Å². The van der Waals surface area contributed by atoms with E-state index in [2.05, 4.69) is 26.8 Å². The van der Waals surface area contributed by atoms with Gasteiger partial charge in [0, 0.05) is 5.41 Å². The number of hydrogen-bond acceptors (Lipinski definition) is 0. The van der Waals surface area contributed by atoms with E-state index in [1.807, 2.05) is 0 Å². The lowest BCUT2D eigenvalue weighted by molar-refractivity contribution is 0.382. The molecule has 0 heteroatoms. The molecule has 1 fully saturated rings. The second-order valence-electron chi connectivity index (χ2n) is 4.94. The Morgan fingerprint density at radius 3 is 2.82 bits per heavy atom. The SMILES string of the molecule is CC1CC2=CC2(C)CC(C)C1. The molecule has 0 aromatic rings. The molecule has 62 valence electrons. The van der Waals surface area contributed by atoms with Crippen LogP contribution < -0.4 is 0 Å². The first kappa shape index (κ1) is 7.39. The van der Waals surface area contributed by atoms with E-state index in [-0.39, 0.29) is 0 Å². The molecule has 3 unspecified atom stereocenters. The zero-order valence-corrected chi connectivity index (χ0v) is 7.85. The van der Waals surface area contributed by atoms with E-state index < -0.39 is 0 Å². The summed E-state index contributed by atoms with van der Waals surface area (Å²) in [7, 11) is 0. The molecule has 0 nitrogen and oxygen atoms in total. The Morgan fingerprint density at radius 2 is 2.09 bits per heavy atom. The third kappa shape index (κ3) is 1.23. The Hall–Kier alpha value is -0.260. The van der Waals surface area contributed by atoms with E-state index >= 15 is 0 Å². The van der Waals surface area contributed by atoms with Crippen molar-refractivity contribution in [1.29, 1.82) is 0 Å². The van der Waals surface area contributed by atoms with E-state index in [1.165, 1.54) is 19.3 Å². The smallest absolute Gasteiger partial charge is 0.00684 e. The highest BCUT2D eigenvalue weighted by Crippen LogP contribution is 2.54. The van der Waals surface area contributed by atoms with Crippen molar-refractivity contribution >= 4 is 0 Å². The third-order valence-corrected chi connectivity index (χ3v) is 3.29. The summed E-state index contributed by atoms with van der Waals surface area (Å²) in [4.78, 5) is 0. The fraction of sp³-hybridized carbons (Fsp3) is 0.818. The first-order valence-electron chi connectivity index (χ1n) is 4.82. The molecule has 0 aromatic carbocycles. The Morgan fingerprint density at radius 1 is 1.36 bits per heavy atom. The van der Waals surface area contributed by atoms with Crippen molar-refractivity contribution in [3.05, 3.63) is 11.6 Å². The lowest BCUT2D eigenvalue weighted by Gasteiger charge is -2.14. The van der Waals surface area contributed by atoms with Crippen molar-refractivity contribution in [2.75, 3.05) is 0 Å². The summed E-state index contributed by atoms with van der Waals surface area (Å²) < 4.78 is 0. The molecule has 11 heavy (non-hydrogen) atoms. The molecule has 0 amide bonds. The average Bonchev–Trinajstić information content (AvgIpc) is 2.38. The van der Waals surface area contributed by atoms with Crippen LogP contribution in [0.15, 0.2) is 11.6 Å². The zero-order chi connectivity index (χ0) is 8.06. The van der Waals surface area contributed by atoms with E-state index in [0.29, 0.717) is 5.41 Å². The van der Waals surface area contributed by atoms with Gasteiger partial charge in [-0.3, -0.25) is 0 Å². The highest BCUT2D eigenvalue weighted by Gasteiger charge is 2.42. The van der Waals surface area contributed by atoms with Crippen molar-refractivity contribution in [1.82, 2.24) is 0 Å². The minimum Gasteiger partial charge on any atom is -0.0745 e. The van der Waals surface area contributed by atoms with Gasteiger partial charge in [0.15, 0.2) is 0 Å². The first-order chi connectivity index (χ1) is 5.10. The normalized spacial score (nSPS) is 49.2. The molecule has 0 bridgehead atoms. The predicted octanol–water partition coefficient (Wildman–Crippen LogP) is 3.39. The van der Waals surface area contributed by atoms with Crippen molar-refractivity contribution < 1.29 is 0 Å². The van der Waals surface area contributed by atoms with Gasteiger partial charge in [-0.05, 0) is 31.1 Å². The molecule has 2 aliphatic rings. The molecule has 2 rings (SSSR count). The summed E-state index contributed by atoms with van der Waals surface area (Å²) in [6.45, 7) is 7.19. The van der Waals surface area contributed by atoms with Gasteiger partial charge in [0.1, 0.15) is 0 Å². The summed E-state index contributed by atoms with van der Waals surface area (Å²) in [6, 6.07) is 0. The van der Waals surface area contributed by atoms with Gasteiger partial charge in [0.05, 0.1) is 0 Å². The molecular weight excluding hydrogens is 132 g/mol. The molecule has 0 N–H and O–H groups in total. The Kier molecular flexibility index (Phi) is 1.42. The summed E-state index contributed by atoms with van der Waals surface area (Å²) in [5.74, 6) is 1.87. The maximum atomic E-state index is 2.49. The fourth-order valence-electron chi connectivity index (χ4n) is 2.78. The number of allylic oxidation sites excluding steroid dienone is 2. The maximum absolute atomic E-state index is 2.49. The Labute approximate surface area is 69.7 Å². The molecule has 2 aliphatic carbocycles. The fourth-order valence-corrected chi connectivity index (χ4v) is 2.78. The van der Waals surface area contributed by atoms with Gasteiger partial charge in [0.25, 0.3) is 0 Å². The first-order valence-corrected chi connectivity index (χ1v) is 4.82. The van der Waals surface area contributed by atoms with Gasteiger partial charge in [-0.15, -0.1) is 0 Å². The van der Waals surface area contributed by atoms with Crippen molar-refractivity contribution in [2.24, 2.45) is 17.3 Å². The number of rotatable bonds is 0. The van der Waals surface area contributed by atoms with Gasteiger partial charge in [-0.25, -0.2) is 0 Å². The lowest BCUT2D eigenvalue weighted by atomic mass is 9.90.